The molecule has 1 unspecified atom stereocenters. The third-order valence-electron chi connectivity index (χ3n) is 5.61. The zero-order chi connectivity index (χ0) is 19.3. The van der Waals surface area contributed by atoms with Crippen LogP contribution in [0.2, 0.25) is 0 Å². The lowest BCUT2D eigenvalue weighted by molar-refractivity contribution is -0.139. The number of amides is 1. The molecule has 1 atom stereocenters. The van der Waals surface area contributed by atoms with Gasteiger partial charge in [0.05, 0.1) is 24.5 Å². The maximum Gasteiger partial charge on any atom is 0.222 e. The first kappa shape index (κ1) is 19.3. The number of carbonyl (C=O) groups is 1. The Morgan fingerprint density at radius 3 is 2.96 bits per heavy atom. The highest BCUT2D eigenvalue weighted by molar-refractivity contribution is 7.13. The molecule has 6 nitrogen and oxygen atoms in total. The highest BCUT2D eigenvalue weighted by Crippen LogP contribution is 2.29. The number of nitrogens with one attached hydrogen (secondary N) is 1. The summed E-state index contributed by atoms with van der Waals surface area (Å²) in [5.74, 6) is 1.76. The van der Waals surface area contributed by atoms with Crippen molar-refractivity contribution in [2.24, 2.45) is 5.92 Å². The summed E-state index contributed by atoms with van der Waals surface area (Å²) in [4.78, 5) is 23.7. The predicted molar refractivity (Wildman–Crippen MR) is 111 cm³/mol. The minimum atomic E-state index is -0.177. The summed E-state index contributed by atoms with van der Waals surface area (Å²) in [6.45, 7) is 3.79. The van der Waals surface area contributed by atoms with Crippen LogP contribution in [0.25, 0.3) is 0 Å². The smallest absolute Gasteiger partial charge is 0.222 e. The van der Waals surface area contributed by atoms with E-state index in [0.717, 1.165) is 34.7 Å². The second-order valence-corrected chi connectivity index (χ2v) is 8.61. The number of aryl methyl sites for hydroxylation is 1. The summed E-state index contributed by atoms with van der Waals surface area (Å²) in [7, 11) is 0. The molecular weight excluding hydrogens is 372 g/mol. The van der Waals surface area contributed by atoms with E-state index in [9.17, 15) is 4.79 Å². The maximum atomic E-state index is 12.7. The molecule has 0 spiro atoms. The number of rotatable bonds is 6. The van der Waals surface area contributed by atoms with E-state index in [1.807, 2.05) is 35.4 Å². The molecule has 2 aliphatic rings. The summed E-state index contributed by atoms with van der Waals surface area (Å²) < 4.78 is 5.93. The topological polar surface area (TPSA) is 67.4 Å². The standard InChI is InChI=1S/C21H28N4O2S/c1-15-14-28-21(22-15)24-19-8-4-7-17(23-19)18-13-25(11-12-27-18)20(26)10-9-16-5-2-3-6-16/h4,7-8,14,16,18H,2-3,5-6,9-13H2,1H3,(H,22,23,24). The average Bonchev–Trinajstić information content (AvgIpc) is 3.38. The molecule has 1 saturated carbocycles. The molecule has 1 amide bonds. The van der Waals surface area contributed by atoms with E-state index in [1.165, 1.54) is 25.7 Å². The van der Waals surface area contributed by atoms with Crippen LogP contribution in [0.5, 0.6) is 0 Å². The number of nitrogens with zero attached hydrogens (tertiary/aromatic N) is 3. The van der Waals surface area contributed by atoms with Crippen molar-refractivity contribution in [3.05, 3.63) is 35.0 Å². The van der Waals surface area contributed by atoms with E-state index in [2.05, 4.69) is 10.3 Å². The summed E-state index contributed by atoms with van der Waals surface area (Å²) in [6.07, 6.45) is 6.76. The van der Waals surface area contributed by atoms with Gasteiger partial charge in [-0.15, -0.1) is 11.3 Å². The number of aromatic nitrogens is 2. The Morgan fingerprint density at radius 2 is 2.18 bits per heavy atom. The number of hydrogen-bond acceptors (Lipinski definition) is 6. The summed E-state index contributed by atoms with van der Waals surface area (Å²) in [6, 6.07) is 5.86. The summed E-state index contributed by atoms with van der Waals surface area (Å²) in [5, 5.41) is 6.08. The van der Waals surface area contributed by atoms with Gasteiger partial charge in [0.1, 0.15) is 11.9 Å². The largest absolute Gasteiger partial charge is 0.368 e. The molecule has 0 bridgehead atoms. The van der Waals surface area contributed by atoms with Crippen LogP contribution in [0, 0.1) is 12.8 Å². The third kappa shape index (κ3) is 4.89. The van der Waals surface area contributed by atoms with Crippen molar-refractivity contribution < 1.29 is 9.53 Å². The molecule has 0 radical (unpaired) electrons. The number of ether oxygens (including phenoxy) is 1. The molecule has 28 heavy (non-hydrogen) atoms. The molecule has 3 heterocycles. The van der Waals surface area contributed by atoms with Crippen LogP contribution in [-0.4, -0.2) is 40.5 Å². The van der Waals surface area contributed by atoms with Crippen molar-refractivity contribution in [1.29, 1.82) is 0 Å². The van der Waals surface area contributed by atoms with Crippen LogP contribution < -0.4 is 5.32 Å². The Hall–Kier alpha value is -1.99. The lowest BCUT2D eigenvalue weighted by atomic mass is 10.0. The molecule has 2 fully saturated rings. The lowest BCUT2D eigenvalue weighted by Crippen LogP contribution is -2.42. The molecule has 2 aromatic rings. The highest BCUT2D eigenvalue weighted by atomic mass is 32.1. The van der Waals surface area contributed by atoms with Crippen LogP contribution in [-0.2, 0) is 9.53 Å². The van der Waals surface area contributed by atoms with Crippen molar-refractivity contribution >= 4 is 28.2 Å². The number of carbonyl (C=O) groups excluding carboxylic acids is 1. The van der Waals surface area contributed by atoms with Crippen LogP contribution in [0.4, 0.5) is 10.9 Å². The quantitative estimate of drug-likeness (QED) is 0.775. The van der Waals surface area contributed by atoms with Gasteiger partial charge in [-0.05, 0) is 31.4 Å². The Balaban J connectivity index is 1.35. The summed E-state index contributed by atoms with van der Waals surface area (Å²) in [5.41, 5.74) is 1.84. The molecule has 1 saturated heterocycles. The first-order chi connectivity index (χ1) is 13.7. The van der Waals surface area contributed by atoms with E-state index in [0.29, 0.717) is 26.1 Å². The molecule has 1 aliphatic heterocycles. The number of hydrogen-bond donors (Lipinski definition) is 1. The van der Waals surface area contributed by atoms with Gasteiger partial charge < -0.3 is 15.0 Å². The van der Waals surface area contributed by atoms with E-state index < -0.39 is 0 Å². The predicted octanol–water partition coefficient (Wildman–Crippen LogP) is 4.46. The van der Waals surface area contributed by atoms with Crippen LogP contribution in [0.1, 0.15) is 56.0 Å². The van der Waals surface area contributed by atoms with Gasteiger partial charge in [0.15, 0.2) is 5.13 Å². The Morgan fingerprint density at radius 1 is 1.32 bits per heavy atom. The second-order valence-electron chi connectivity index (χ2n) is 7.76. The molecular formula is C21H28N4O2S. The Labute approximate surface area is 170 Å². The summed E-state index contributed by atoms with van der Waals surface area (Å²) >= 11 is 1.56. The fourth-order valence-corrected chi connectivity index (χ4v) is 4.76. The molecule has 1 aliphatic carbocycles. The van der Waals surface area contributed by atoms with Gasteiger partial charge in [0.2, 0.25) is 5.91 Å². The van der Waals surface area contributed by atoms with Crippen molar-refractivity contribution in [2.75, 3.05) is 25.0 Å². The zero-order valence-electron chi connectivity index (χ0n) is 16.4. The van der Waals surface area contributed by atoms with Crippen molar-refractivity contribution in [3.63, 3.8) is 0 Å². The van der Waals surface area contributed by atoms with Gasteiger partial charge in [-0.1, -0.05) is 31.7 Å². The van der Waals surface area contributed by atoms with E-state index in [-0.39, 0.29) is 12.0 Å². The molecule has 4 rings (SSSR count). The van der Waals surface area contributed by atoms with Gasteiger partial charge in [-0.2, -0.15) is 0 Å². The van der Waals surface area contributed by atoms with Gasteiger partial charge >= 0.3 is 0 Å². The van der Waals surface area contributed by atoms with Crippen molar-refractivity contribution in [2.45, 2.75) is 51.6 Å². The molecule has 150 valence electrons. The SMILES string of the molecule is Cc1csc(Nc2cccc(C3CN(C(=O)CCC4CCCC4)CCO3)n2)n1. The Kier molecular flexibility index (Phi) is 6.22. The number of morpholine rings is 1. The number of anilines is 2. The molecule has 7 heteroatoms. The van der Waals surface area contributed by atoms with Crippen LogP contribution in [0.3, 0.4) is 0 Å². The third-order valence-corrected chi connectivity index (χ3v) is 6.49. The van der Waals surface area contributed by atoms with E-state index in [4.69, 9.17) is 9.72 Å². The highest BCUT2D eigenvalue weighted by Gasteiger charge is 2.27. The fraction of sp³-hybridized carbons (Fsp3) is 0.571. The zero-order valence-corrected chi connectivity index (χ0v) is 17.2. The van der Waals surface area contributed by atoms with Crippen LogP contribution >= 0.6 is 11.3 Å². The first-order valence-electron chi connectivity index (χ1n) is 10.2. The minimum absolute atomic E-state index is 0.177. The normalized spacial score (nSPS) is 20.5. The monoisotopic (exact) mass is 400 g/mol. The maximum absolute atomic E-state index is 12.7. The first-order valence-corrected chi connectivity index (χ1v) is 11.1. The van der Waals surface area contributed by atoms with Gasteiger partial charge in [0, 0.05) is 18.3 Å². The fourth-order valence-electron chi connectivity index (χ4n) is 4.06. The Bertz CT molecular complexity index is 803. The van der Waals surface area contributed by atoms with Gasteiger partial charge in [-0.3, -0.25) is 4.79 Å². The molecule has 2 aromatic heterocycles. The van der Waals surface area contributed by atoms with Crippen LogP contribution in [0.15, 0.2) is 23.6 Å². The number of thiazole rings is 1. The van der Waals surface area contributed by atoms with E-state index in [1.54, 1.807) is 11.3 Å². The average molecular weight is 401 g/mol. The van der Waals surface area contributed by atoms with Crippen molar-refractivity contribution in [3.8, 4) is 0 Å². The second kappa shape index (κ2) is 9.01. The molecule has 0 aromatic carbocycles. The van der Waals surface area contributed by atoms with Gasteiger partial charge in [0.25, 0.3) is 0 Å². The molecule has 1 N–H and O–H groups in total. The van der Waals surface area contributed by atoms with Gasteiger partial charge in [-0.25, -0.2) is 9.97 Å². The lowest BCUT2D eigenvalue weighted by Gasteiger charge is -2.33. The number of pyridine rings is 1. The minimum Gasteiger partial charge on any atom is -0.368 e. The van der Waals surface area contributed by atoms with E-state index >= 15 is 0 Å². The van der Waals surface area contributed by atoms with Crippen molar-refractivity contribution in [1.82, 2.24) is 14.9 Å².